The van der Waals surface area contributed by atoms with E-state index in [0.717, 1.165) is 65.4 Å². The third-order valence-corrected chi connectivity index (χ3v) is 34.9. The van der Waals surface area contributed by atoms with Crippen molar-refractivity contribution in [2.45, 2.75) is 270 Å². The predicted octanol–water partition coefficient (Wildman–Crippen LogP) is 33.5. The topological polar surface area (TPSA) is 32.4 Å². The van der Waals surface area contributed by atoms with Crippen molar-refractivity contribution >= 4 is 165 Å². The Morgan fingerprint density at radius 1 is 0.137 bits per heavy atom. The predicted molar refractivity (Wildman–Crippen MR) is 634 cm³/mol. The first-order chi connectivity index (χ1) is 65.4. The molecule has 10 nitrogen and oxygen atoms in total. The van der Waals surface area contributed by atoms with E-state index in [9.17, 15) is 0 Å². The standard InChI is InChI=1S/C28H40N2.C27H38N2.C26H36N2.2C24H32N2/c1-13-29(11)27-23-19(7)15(3)17(5)21(9)25(23)28(30(12)14-2)26-22(10)18(6)16(4)20(8)24(26)27;1-12-28(10)26-22-14-15(3)16(4)19(7)23(22)27(29(11)13-2)25-21(9)18(6)17(5)20(8)24(25)26;1-11-27(9)25-21-13-15(3)16(4)14-22(21)26(28(10)12-2)24-20(8)18(6)17(5)19(7)23(24)25;1-9-25(7)23-20-13-15(3)11-12-19(20)24(26(8)10-2)22-18(6)17(5)16(4)14-21(22)23;1-9-25(7)23-19-13-11-12-14-20(19)24(26(8)10-2)22-18(6)16(4)15(3)17(5)21(22)23/h13-14H2,1-12H3;14H,12-13H2,1-11H3;13-14H,11-12H2,1-10H3;2*11-14H,9-10H2,1-8H3. The molecule has 0 unspecified atom stereocenters. The molecule has 0 radical (unpaired) electrons. The van der Waals surface area contributed by atoms with Gasteiger partial charge in [0.1, 0.15) is 0 Å². The smallest absolute Gasteiger partial charge is 0.0530 e. The molecule has 0 atom stereocenters. The van der Waals surface area contributed by atoms with Crippen LogP contribution in [0.25, 0.3) is 108 Å². The van der Waals surface area contributed by atoms with Crippen LogP contribution >= 0.6 is 0 Å². The van der Waals surface area contributed by atoms with E-state index in [1.54, 1.807) is 0 Å². The number of fused-ring (bicyclic) bond motifs is 10. The van der Waals surface area contributed by atoms with E-state index >= 15 is 0 Å². The second-order valence-corrected chi connectivity index (χ2v) is 41.7. The Morgan fingerprint density at radius 3 is 0.540 bits per heavy atom. The molecule has 10 heteroatoms. The summed E-state index contributed by atoms with van der Waals surface area (Å²) < 4.78 is 0. The number of benzene rings is 15. The molecule has 0 amide bonds. The molecule has 0 heterocycles. The van der Waals surface area contributed by atoms with Crippen molar-refractivity contribution in [2.24, 2.45) is 0 Å². The zero-order valence-corrected chi connectivity index (χ0v) is 96.4. The summed E-state index contributed by atoms with van der Waals surface area (Å²) in [5.41, 5.74) is 54.7. The monoisotopic (exact) mass is 1870 g/mol. The number of anilines is 10. The summed E-state index contributed by atoms with van der Waals surface area (Å²) in [5, 5.41) is 28.1. The maximum Gasteiger partial charge on any atom is 0.0530 e. The summed E-state index contributed by atoms with van der Waals surface area (Å²) in [5.74, 6) is 0. The van der Waals surface area contributed by atoms with Gasteiger partial charge in [0, 0.05) is 244 Å². The summed E-state index contributed by atoms with van der Waals surface area (Å²) in [6.07, 6.45) is 0. The summed E-state index contributed by atoms with van der Waals surface area (Å²) >= 11 is 0. The van der Waals surface area contributed by atoms with Gasteiger partial charge in [-0.15, -0.1) is 0 Å². The molecular formula is C129H178N10. The van der Waals surface area contributed by atoms with Gasteiger partial charge in [-0.1, -0.05) is 42.0 Å². The van der Waals surface area contributed by atoms with E-state index in [-0.39, 0.29) is 0 Å². The minimum atomic E-state index is 0.990. The van der Waals surface area contributed by atoms with E-state index in [4.69, 9.17) is 0 Å². The fourth-order valence-electron chi connectivity index (χ4n) is 22.7. The molecule has 0 spiro atoms. The van der Waals surface area contributed by atoms with Gasteiger partial charge in [-0.2, -0.15) is 0 Å². The van der Waals surface area contributed by atoms with Gasteiger partial charge >= 0.3 is 0 Å². The van der Waals surface area contributed by atoms with E-state index in [0.29, 0.717) is 0 Å². The molecule has 139 heavy (non-hydrogen) atoms. The minimum Gasteiger partial charge on any atom is -0.374 e. The van der Waals surface area contributed by atoms with E-state index in [1.807, 2.05) is 0 Å². The van der Waals surface area contributed by atoms with Crippen molar-refractivity contribution in [1.29, 1.82) is 0 Å². The fourth-order valence-corrected chi connectivity index (χ4v) is 22.7. The van der Waals surface area contributed by atoms with Gasteiger partial charge in [0.15, 0.2) is 0 Å². The highest BCUT2D eigenvalue weighted by Gasteiger charge is 2.32. The van der Waals surface area contributed by atoms with Crippen LogP contribution in [-0.2, 0) is 0 Å². The first kappa shape index (κ1) is 108. The van der Waals surface area contributed by atoms with Crippen LogP contribution in [0.15, 0.2) is 66.7 Å². The number of hydrogen-bond acceptors (Lipinski definition) is 10. The van der Waals surface area contributed by atoms with Gasteiger partial charge in [-0.05, 0) is 456 Å². The molecule has 0 fully saturated rings. The first-order valence-corrected chi connectivity index (χ1v) is 52.3. The Balaban J connectivity index is 0.000000167. The van der Waals surface area contributed by atoms with Crippen molar-refractivity contribution in [1.82, 2.24) is 0 Å². The lowest BCUT2D eigenvalue weighted by Gasteiger charge is -2.33. The van der Waals surface area contributed by atoms with Crippen LogP contribution in [0.3, 0.4) is 0 Å². The molecule has 0 saturated carbocycles. The van der Waals surface area contributed by atoms with Gasteiger partial charge in [0.25, 0.3) is 0 Å². The second-order valence-electron chi connectivity index (χ2n) is 41.7. The van der Waals surface area contributed by atoms with Crippen LogP contribution in [-0.4, -0.2) is 136 Å². The minimum absolute atomic E-state index is 0.990. The molecule has 15 aromatic rings. The fraction of sp³-hybridized carbons (Fsp3) is 0.457. The van der Waals surface area contributed by atoms with Gasteiger partial charge in [0.2, 0.25) is 0 Å². The Bertz CT molecular complexity index is 7010. The summed E-state index contributed by atoms with van der Waals surface area (Å²) in [4.78, 5) is 24.3. The molecule has 0 aliphatic carbocycles. The number of rotatable bonds is 20. The number of aryl methyl sites for hydroxylation is 17. The maximum absolute atomic E-state index is 2.46. The van der Waals surface area contributed by atoms with Crippen LogP contribution in [0.4, 0.5) is 56.9 Å². The van der Waals surface area contributed by atoms with Crippen molar-refractivity contribution < 1.29 is 0 Å². The van der Waals surface area contributed by atoms with E-state index in [1.165, 1.54) is 326 Å². The molecular weight excluding hydrogens is 1690 g/mol. The lowest BCUT2D eigenvalue weighted by atomic mass is 9.82. The lowest BCUT2D eigenvalue weighted by molar-refractivity contribution is 0.968. The van der Waals surface area contributed by atoms with Crippen molar-refractivity contribution in [2.75, 3.05) is 185 Å². The summed E-state index contributed by atoms with van der Waals surface area (Å²) in [6, 6.07) is 25.4. The third kappa shape index (κ3) is 18.3. The molecule has 0 aliphatic heterocycles. The molecule has 0 aromatic heterocycles. The zero-order chi connectivity index (χ0) is 104. The van der Waals surface area contributed by atoms with Crippen LogP contribution in [0.1, 0.15) is 231 Å². The van der Waals surface area contributed by atoms with Crippen molar-refractivity contribution in [3.63, 3.8) is 0 Å². The second kappa shape index (κ2) is 42.8. The highest BCUT2D eigenvalue weighted by Crippen LogP contribution is 2.56. The van der Waals surface area contributed by atoms with Crippen LogP contribution in [0.2, 0.25) is 0 Å². The average Bonchev–Trinajstić information content (AvgIpc) is 0.712. The maximum atomic E-state index is 2.46. The quantitative estimate of drug-likeness (QED) is 0.0544. The molecule has 744 valence electrons. The third-order valence-electron chi connectivity index (χ3n) is 34.9. The van der Waals surface area contributed by atoms with Crippen molar-refractivity contribution in [3.8, 4) is 0 Å². The van der Waals surface area contributed by atoms with Crippen LogP contribution in [0, 0.1) is 201 Å². The molecule has 0 bridgehead atoms. The van der Waals surface area contributed by atoms with Crippen molar-refractivity contribution in [3.05, 3.63) is 228 Å². The zero-order valence-electron chi connectivity index (χ0n) is 96.4. The number of hydrogen-bond donors (Lipinski definition) is 0. The van der Waals surface area contributed by atoms with Crippen LogP contribution < -0.4 is 49.0 Å². The van der Waals surface area contributed by atoms with E-state index < -0.39 is 0 Å². The Labute approximate surface area is 842 Å². The van der Waals surface area contributed by atoms with Gasteiger partial charge < -0.3 is 49.0 Å². The molecule has 15 aromatic carbocycles. The molecule has 0 saturated heterocycles. The van der Waals surface area contributed by atoms with E-state index in [2.05, 4.69) is 456 Å². The Morgan fingerprint density at radius 2 is 0.295 bits per heavy atom. The first-order valence-electron chi connectivity index (χ1n) is 52.3. The largest absolute Gasteiger partial charge is 0.374 e. The molecule has 0 aliphatic rings. The highest BCUT2D eigenvalue weighted by atomic mass is 15.2. The highest BCUT2D eigenvalue weighted by molar-refractivity contribution is 6.28. The van der Waals surface area contributed by atoms with Gasteiger partial charge in [0.05, 0.1) is 56.9 Å². The Kier molecular flexibility index (Phi) is 33.3. The summed E-state index contributed by atoms with van der Waals surface area (Å²) in [6.45, 7) is 98.5. The SMILES string of the molecule is CCN(C)c1c2c(C)c(C)c(C)c(C)c2c(N(C)CC)c2c(C)c(C)c(C)c(C)c12.CCN(C)c1c2cc(C)c(C)c(C)c2c(N(C)CC)c2c(C)c(C)c(C)c(C)c12.CCN(C)c1c2cc(C)c(C)cc2c(N(C)CC)c2c(C)c(C)c(C)c(C)c12.CCN(C)c1c2cc(C)ccc2c(N(C)CC)c2c(C)c(C)c(C)cc12.CCN(C)c1c2ccccc2c(N(C)CC)c2c(C)c(C)c(C)c(C)c12. The van der Waals surface area contributed by atoms with Crippen LogP contribution in [0.5, 0.6) is 0 Å². The normalized spacial score (nSPS) is 11.5. The molecule has 15 rings (SSSR count). The lowest BCUT2D eigenvalue weighted by Crippen LogP contribution is -2.21. The average molecular weight is 1870 g/mol. The summed E-state index contributed by atoms with van der Waals surface area (Å²) in [7, 11) is 22.3. The Hall–Kier alpha value is -11.1. The van der Waals surface area contributed by atoms with Gasteiger partial charge in [-0.25, -0.2) is 0 Å². The van der Waals surface area contributed by atoms with Gasteiger partial charge in [-0.3, -0.25) is 0 Å². The number of nitrogens with zero attached hydrogens (tertiary/aromatic N) is 10. The molecule has 0 N–H and O–H groups in total.